The molecule has 4 nitrogen and oxygen atoms in total. The molecule has 2 atom stereocenters. The van der Waals surface area contributed by atoms with Crippen LogP contribution in [0.15, 0.2) is 18.2 Å². The topological polar surface area (TPSA) is 56.5 Å². The van der Waals surface area contributed by atoms with E-state index in [9.17, 15) is 0 Å². The molecule has 19 heavy (non-hydrogen) atoms. The van der Waals surface area contributed by atoms with Crippen LogP contribution in [0.1, 0.15) is 25.7 Å². The summed E-state index contributed by atoms with van der Waals surface area (Å²) in [6.45, 7) is 0.740. The number of nitrogens with one attached hydrogen (secondary N) is 1. The average molecular weight is 264 g/mol. The highest BCUT2D eigenvalue weighted by Crippen LogP contribution is 2.33. The SMILES string of the molecule is COc1ccc(OC)c(NC2CCCCC2CN)c1. The molecule has 1 saturated carbocycles. The molecule has 3 N–H and O–H groups in total. The maximum Gasteiger partial charge on any atom is 0.142 e. The summed E-state index contributed by atoms with van der Waals surface area (Å²) in [6.07, 6.45) is 4.93. The number of benzene rings is 1. The summed E-state index contributed by atoms with van der Waals surface area (Å²) in [5.41, 5.74) is 6.87. The van der Waals surface area contributed by atoms with Crippen molar-refractivity contribution in [1.82, 2.24) is 0 Å². The lowest BCUT2D eigenvalue weighted by Gasteiger charge is -2.32. The van der Waals surface area contributed by atoms with E-state index in [1.807, 2.05) is 18.2 Å². The van der Waals surface area contributed by atoms with Crippen molar-refractivity contribution >= 4 is 5.69 Å². The maximum atomic E-state index is 5.88. The number of rotatable bonds is 5. The Labute approximate surface area is 115 Å². The van der Waals surface area contributed by atoms with E-state index in [-0.39, 0.29) is 0 Å². The Hall–Kier alpha value is -1.42. The third-order valence-electron chi connectivity index (χ3n) is 3.96. The summed E-state index contributed by atoms with van der Waals surface area (Å²) in [4.78, 5) is 0. The highest BCUT2D eigenvalue weighted by molar-refractivity contribution is 5.60. The summed E-state index contributed by atoms with van der Waals surface area (Å²) in [7, 11) is 3.36. The van der Waals surface area contributed by atoms with Crippen molar-refractivity contribution in [2.24, 2.45) is 11.7 Å². The second kappa shape index (κ2) is 6.66. The summed E-state index contributed by atoms with van der Waals surface area (Å²) < 4.78 is 10.7. The molecule has 1 aliphatic carbocycles. The van der Waals surface area contributed by atoms with E-state index in [0.717, 1.165) is 23.7 Å². The normalized spacial score (nSPS) is 22.9. The van der Waals surface area contributed by atoms with Gasteiger partial charge in [-0.1, -0.05) is 12.8 Å². The molecule has 1 aliphatic rings. The van der Waals surface area contributed by atoms with E-state index in [4.69, 9.17) is 15.2 Å². The average Bonchev–Trinajstić information content (AvgIpc) is 2.47. The van der Waals surface area contributed by atoms with Crippen LogP contribution in [0.25, 0.3) is 0 Å². The molecule has 1 aromatic carbocycles. The van der Waals surface area contributed by atoms with Crippen LogP contribution in [0.3, 0.4) is 0 Å². The molecule has 2 unspecified atom stereocenters. The van der Waals surface area contributed by atoms with Crippen LogP contribution in [0.5, 0.6) is 11.5 Å². The first-order valence-corrected chi connectivity index (χ1v) is 6.97. The van der Waals surface area contributed by atoms with Gasteiger partial charge in [0.25, 0.3) is 0 Å². The van der Waals surface area contributed by atoms with E-state index >= 15 is 0 Å². The molecule has 0 aliphatic heterocycles. The molecule has 0 radical (unpaired) electrons. The van der Waals surface area contributed by atoms with E-state index < -0.39 is 0 Å². The van der Waals surface area contributed by atoms with Crippen LogP contribution in [0.4, 0.5) is 5.69 Å². The molecule has 0 saturated heterocycles. The lowest BCUT2D eigenvalue weighted by molar-refractivity contribution is 0.331. The van der Waals surface area contributed by atoms with Crippen LogP contribution in [-0.4, -0.2) is 26.8 Å². The maximum absolute atomic E-state index is 5.88. The molecule has 4 heteroatoms. The van der Waals surface area contributed by atoms with Gasteiger partial charge < -0.3 is 20.5 Å². The number of hydrogen-bond acceptors (Lipinski definition) is 4. The predicted molar refractivity (Wildman–Crippen MR) is 78.0 cm³/mol. The van der Waals surface area contributed by atoms with E-state index in [1.165, 1.54) is 25.7 Å². The van der Waals surface area contributed by atoms with Crippen molar-refractivity contribution in [1.29, 1.82) is 0 Å². The van der Waals surface area contributed by atoms with Gasteiger partial charge >= 0.3 is 0 Å². The number of nitrogens with two attached hydrogens (primary N) is 1. The van der Waals surface area contributed by atoms with Crippen molar-refractivity contribution in [3.63, 3.8) is 0 Å². The Morgan fingerprint density at radius 1 is 1.21 bits per heavy atom. The minimum Gasteiger partial charge on any atom is -0.497 e. The van der Waals surface area contributed by atoms with Gasteiger partial charge in [-0.15, -0.1) is 0 Å². The fourth-order valence-electron chi connectivity index (χ4n) is 2.81. The summed E-state index contributed by atoms with van der Waals surface area (Å²) in [5, 5.41) is 3.59. The van der Waals surface area contributed by atoms with Crippen LogP contribution in [-0.2, 0) is 0 Å². The summed E-state index contributed by atoms with van der Waals surface area (Å²) in [5.74, 6) is 2.23. The molecule has 0 aromatic heterocycles. The van der Waals surface area contributed by atoms with Crippen molar-refractivity contribution in [3.8, 4) is 11.5 Å². The summed E-state index contributed by atoms with van der Waals surface area (Å²) in [6, 6.07) is 6.26. The fraction of sp³-hybridized carbons (Fsp3) is 0.600. The van der Waals surface area contributed by atoms with Crippen molar-refractivity contribution in [2.45, 2.75) is 31.7 Å². The standard InChI is InChI=1S/C15H24N2O2/c1-18-12-7-8-15(19-2)14(9-12)17-13-6-4-3-5-11(13)10-16/h7-9,11,13,17H,3-6,10,16H2,1-2H3. The molecular weight excluding hydrogens is 240 g/mol. The molecule has 1 aromatic rings. The molecule has 0 bridgehead atoms. The van der Waals surface area contributed by atoms with Gasteiger partial charge in [0.15, 0.2) is 0 Å². The van der Waals surface area contributed by atoms with Crippen LogP contribution < -0.4 is 20.5 Å². The molecule has 0 spiro atoms. The van der Waals surface area contributed by atoms with Gasteiger partial charge in [-0.25, -0.2) is 0 Å². The number of anilines is 1. The van der Waals surface area contributed by atoms with Crippen LogP contribution in [0.2, 0.25) is 0 Å². The van der Waals surface area contributed by atoms with Gasteiger partial charge in [0.2, 0.25) is 0 Å². The molecule has 106 valence electrons. The van der Waals surface area contributed by atoms with Gasteiger partial charge in [-0.05, 0) is 37.4 Å². The third kappa shape index (κ3) is 3.32. The van der Waals surface area contributed by atoms with Gasteiger partial charge in [0.1, 0.15) is 11.5 Å². The lowest BCUT2D eigenvalue weighted by atomic mass is 9.84. The highest BCUT2D eigenvalue weighted by atomic mass is 16.5. The monoisotopic (exact) mass is 264 g/mol. The number of ether oxygens (including phenoxy) is 2. The first kappa shape index (κ1) is 14.0. The van der Waals surface area contributed by atoms with Crippen molar-refractivity contribution in [2.75, 3.05) is 26.1 Å². The second-order valence-corrected chi connectivity index (χ2v) is 5.10. The Balaban J connectivity index is 2.16. The van der Waals surface area contributed by atoms with Crippen molar-refractivity contribution in [3.05, 3.63) is 18.2 Å². The molecule has 0 heterocycles. The Morgan fingerprint density at radius 3 is 2.68 bits per heavy atom. The third-order valence-corrected chi connectivity index (χ3v) is 3.96. The second-order valence-electron chi connectivity index (χ2n) is 5.10. The Bertz CT molecular complexity index is 409. The minimum absolute atomic E-state index is 0.430. The van der Waals surface area contributed by atoms with Gasteiger partial charge in [0.05, 0.1) is 19.9 Å². The van der Waals surface area contributed by atoms with Crippen molar-refractivity contribution < 1.29 is 9.47 Å². The van der Waals surface area contributed by atoms with Gasteiger partial charge in [0, 0.05) is 12.1 Å². The molecular formula is C15H24N2O2. The van der Waals surface area contributed by atoms with Gasteiger partial charge in [-0.2, -0.15) is 0 Å². The number of methoxy groups -OCH3 is 2. The van der Waals surface area contributed by atoms with E-state index in [0.29, 0.717) is 12.0 Å². The van der Waals surface area contributed by atoms with Crippen LogP contribution in [0, 0.1) is 5.92 Å². The van der Waals surface area contributed by atoms with E-state index in [1.54, 1.807) is 14.2 Å². The Morgan fingerprint density at radius 2 is 2.00 bits per heavy atom. The highest BCUT2D eigenvalue weighted by Gasteiger charge is 2.24. The molecule has 0 amide bonds. The quantitative estimate of drug-likeness (QED) is 0.858. The first-order chi connectivity index (χ1) is 9.28. The predicted octanol–water partition coefficient (Wildman–Crippen LogP) is 2.63. The minimum atomic E-state index is 0.430. The summed E-state index contributed by atoms with van der Waals surface area (Å²) >= 11 is 0. The number of hydrogen-bond donors (Lipinski definition) is 2. The largest absolute Gasteiger partial charge is 0.497 e. The van der Waals surface area contributed by atoms with Gasteiger partial charge in [-0.3, -0.25) is 0 Å². The lowest BCUT2D eigenvalue weighted by Crippen LogP contribution is -2.36. The Kier molecular flexibility index (Phi) is 4.91. The molecule has 1 fully saturated rings. The zero-order valence-electron chi connectivity index (χ0n) is 11.8. The zero-order chi connectivity index (χ0) is 13.7. The fourth-order valence-corrected chi connectivity index (χ4v) is 2.81. The van der Waals surface area contributed by atoms with Crippen LogP contribution >= 0.6 is 0 Å². The van der Waals surface area contributed by atoms with E-state index in [2.05, 4.69) is 5.32 Å². The molecule has 2 rings (SSSR count). The zero-order valence-corrected chi connectivity index (χ0v) is 11.8. The smallest absolute Gasteiger partial charge is 0.142 e. The first-order valence-electron chi connectivity index (χ1n) is 6.97.